The highest BCUT2D eigenvalue weighted by Gasteiger charge is 2.00. The standard InChI is InChI=1S/C8H10N2O2/c1-6-3-4-8(12-6)7(2)10-9-5-11/h3-5H,1-2H3,(H,9,11)/b10-7-. The fourth-order valence-corrected chi connectivity index (χ4v) is 0.807. The van der Waals surface area contributed by atoms with Crippen LogP contribution >= 0.6 is 0 Å². The first-order chi connectivity index (χ1) is 5.74. The molecule has 0 saturated heterocycles. The Morgan fingerprint density at radius 3 is 2.92 bits per heavy atom. The van der Waals surface area contributed by atoms with Crippen molar-refractivity contribution in [1.82, 2.24) is 5.43 Å². The van der Waals surface area contributed by atoms with Crippen LogP contribution in [0.25, 0.3) is 0 Å². The Kier molecular flexibility index (Phi) is 2.63. The minimum absolute atomic E-state index is 0.513. The van der Waals surface area contributed by atoms with Gasteiger partial charge >= 0.3 is 0 Å². The molecule has 0 aliphatic rings. The van der Waals surface area contributed by atoms with E-state index in [0.29, 0.717) is 17.9 Å². The van der Waals surface area contributed by atoms with Gasteiger partial charge in [0, 0.05) is 0 Å². The van der Waals surface area contributed by atoms with Crippen LogP contribution in [0.3, 0.4) is 0 Å². The third-order valence-electron chi connectivity index (χ3n) is 1.38. The van der Waals surface area contributed by atoms with E-state index in [-0.39, 0.29) is 0 Å². The first-order valence-corrected chi connectivity index (χ1v) is 3.54. The highest BCUT2D eigenvalue weighted by Crippen LogP contribution is 2.06. The summed E-state index contributed by atoms with van der Waals surface area (Å²) >= 11 is 0. The van der Waals surface area contributed by atoms with Crippen molar-refractivity contribution < 1.29 is 9.21 Å². The topological polar surface area (TPSA) is 54.6 Å². The molecule has 0 saturated carbocycles. The predicted molar refractivity (Wildman–Crippen MR) is 44.9 cm³/mol. The van der Waals surface area contributed by atoms with E-state index in [0.717, 1.165) is 5.76 Å². The summed E-state index contributed by atoms with van der Waals surface area (Å²) in [5.74, 6) is 1.49. The summed E-state index contributed by atoms with van der Waals surface area (Å²) in [7, 11) is 0. The maximum atomic E-state index is 9.90. The lowest BCUT2D eigenvalue weighted by atomic mass is 10.3. The number of hydrogen-bond donors (Lipinski definition) is 1. The molecule has 4 nitrogen and oxygen atoms in total. The average Bonchev–Trinajstić information content (AvgIpc) is 2.47. The summed E-state index contributed by atoms with van der Waals surface area (Å²) in [6, 6.07) is 3.65. The third kappa shape index (κ3) is 1.95. The maximum absolute atomic E-state index is 9.90. The molecule has 64 valence electrons. The molecule has 1 rings (SSSR count). The largest absolute Gasteiger partial charge is 0.460 e. The molecule has 1 aromatic heterocycles. The van der Waals surface area contributed by atoms with E-state index >= 15 is 0 Å². The van der Waals surface area contributed by atoms with Gasteiger partial charge < -0.3 is 4.42 Å². The molecular formula is C8H10N2O2. The Morgan fingerprint density at radius 2 is 2.42 bits per heavy atom. The molecule has 4 heteroatoms. The van der Waals surface area contributed by atoms with E-state index in [2.05, 4.69) is 10.5 Å². The Balaban J connectivity index is 2.76. The molecule has 0 spiro atoms. The first kappa shape index (κ1) is 8.52. The van der Waals surface area contributed by atoms with Gasteiger partial charge in [-0.25, -0.2) is 5.43 Å². The van der Waals surface area contributed by atoms with Crippen molar-refractivity contribution >= 4 is 12.1 Å². The molecule has 0 aliphatic carbocycles. The maximum Gasteiger partial charge on any atom is 0.227 e. The van der Waals surface area contributed by atoms with E-state index < -0.39 is 0 Å². The van der Waals surface area contributed by atoms with Gasteiger partial charge in [0.05, 0.1) is 0 Å². The van der Waals surface area contributed by atoms with Gasteiger partial charge in [0.15, 0.2) is 0 Å². The van der Waals surface area contributed by atoms with Gasteiger partial charge in [0.2, 0.25) is 6.41 Å². The molecule has 0 unspecified atom stereocenters. The van der Waals surface area contributed by atoms with Crippen LogP contribution in [-0.2, 0) is 4.79 Å². The number of carbonyl (C=O) groups excluding carboxylic acids is 1. The lowest BCUT2D eigenvalue weighted by molar-refractivity contribution is -0.109. The van der Waals surface area contributed by atoms with E-state index in [1.807, 2.05) is 13.0 Å². The zero-order valence-electron chi connectivity index (χ0n) is 7.00. The monoisotopic (exact) mass is 166 g/mol. The van der Waals surface area contributed by atoms with Crippen LogP contribution in [0, 0.1) is 6.92 Å². The third-order valence-corrected chi connectivity index (χ3v) is 1.38. The molecule has 0 aromatic carbocycles. The van der Waals surface area contributed by atoms with E-state index in [4.69, 9.17) is 4.42 Å². The van der Waals surface area contributed by atoms with Crippen LogP contribution in [0.5, 0.6) is 0 Å². The molecule has 1 N–H and O–H groups in total. The summed E-state index contributed by atoms with van der Waals surface area (Å²) in [5.41, 5.74) is 2.85. The van der Waals surface area contributed by atoms with E-state index in [1.165, 1.54) is 0 Å². The van der Waals surface area contributed by atoms with Crippen LogP contribution in [-0.4, -0.2) is 12.1 Å². The lowest BCUT2D eigenvalue weighted by Gasteiger charge is -1.93. The number of amides is 1. The van der Waals surface area contributed by atoms with Crippen molar-refractivity contribution in [2.45, 2.75) is 13.8 Å². The SMILES string of the molecule is C/C(=N/NC=O)c1ccc(C)o1. The predicted octanol–water partition coefficient (Wildman–Crippen LogP) is 1.06. The molecule has 0 fully saturated rings. The molecule has 1 amide bonds. The fraction of sp³-hybridized carbons (Fsp3) is 0.250. The fourth-order valence-electron chi connectivity index (χ4n) is 0.807. The highest BCUT2D eigenvalue weighted by atomic mass is 16.3. The minimum atomic E-state index is 0.513. The van der Waals surface area contributed by atoms with Crippen LogP contribution in [0.2, 0.25) is 0 Å². The molecule has 1 heterocycles. The second-order valence-corrected chi connectivity index (χ2v) is 2.35. The molecule has 0 radical (unpaired) electrons. The van der Waals surface area contributed by atoms with Crippen molar-refractivity contribution in [3.05, 3.63) is 23.7 Å². The molecule has 0 bridgehead atoms. The average molecular weight is 166 g/mol. The minimum Gasteiger partial charge on any atom is -0.460 e. The van der Waals surface area contributed by atoms with Crippen molar-refractivity contribution in [3.8, 4) is 0 Å². The summed E-state index contributed by atoms with van der Waals surface area (Å²) in [6.07, 6.45) is 0.513. The second kappa shape index (κ2) is 3.71. The highest BCUT2D eigenvalue weighted by molar-refractivity contribution is 5.96. The Labute approximate surface area is 70.3 Å². The van der Waals surface area contributed by atoms with Crippen LogP contribution in [0.15, 0.2) is 21.7 Å². The van der Waals surface area contributed by atoms with Crippen molar-refractivity contribution in [1.29, 1.82) is 0 Å². The van der Waals surface area contributed by atoms with Crippen LogP contribution in [0.1, 0.15) is 18.4 Å². The molecule has 1 aromatic rings. The van der Waals surface area contributed by atoms with Crippen molar-refractivity contribution in [2.75, 3.05) is 0 Å². The quantitative estimate of drug-likeness (QED) is 0.414. The van der Waals surface area contributed by atoms with Gasteiger partial charge in [-0.15, -0.1) is 0 Å². The van der Waals surface area contributed by atoms with Crippen LogP contribution in [0.4, 0.5) is 0 Å². The number of furan rings is 1. The Morgan fingerprint density at radius 1 is 1.67 bits per heavy atom. The zero-order chi connectivity index (χ0) is 8.97. The number of aryl methyl sites for hydroxylation is 1. The van der Waals surface area contributed by atoms with Gasteiger partial charge in [-0.05, 0) is 26.0 Å². The van der Waals surface area contributed by atoms with Crippen molar-refractivity contribution in [3.63, 3.8) is 0 Å². The van der Waals surface area contributed by atoms with E-state index in [9.17, 15) is 4.79 Å². The van der Waals surface area contributed by atoms with Crippen LogP contribution < -0.4 is 5.43 Å². The molecular weight excluding hydrogens is 156 g/mol. The van der Waals surface area contributed by atoms with Gasteiger partial charge in [0.25, 0.3) is 0 Å². The van der Waals surface area contributed by atoms with E-state index in [1.54, 1.807) is 13.0 Å². The second-order valence-electron chi connectivity index (χ2n) is 2.35. The molecule has 12 heavy (non-hydrogen) atoms. The number of hydrazone groups is 1. The Bertz CT molecular complexity index is 302. The number of nitrogens with one attached hydrogen (secondary N) is 1. The summed E-state index contributed by atoms with van der Waals surface area (Å²) in [4.78, 5) is 9.90. The summed E-state index contributed by atoms with van der Waals surface area (Å²) < 4.78 is 5.26. The van der Waals surface area contributed by atoms with Crippen molar-refractivity contribution in [2.24, 2.45) is 5.10 Å². The number of nitrogens with zero attached hydrogens (tertiary/aromatic N) is 1. The molecule has 0 aliphatic heterocycles. The van der Waals surface area contributed by atoms with Gasteiger partial charge in [0.1, 0.15) is 17.2 Å². The van der Waals surface area contributed by atoms with Gasteiger partial charge in [-0.2, -0.15) is 5.10 Å². The number of hydrogen-bond acceptors (Lipinski definition) is 3. The number of carbonyl (C=O) groups is 1. The first-order valence-electron chi connectivity index (χ1n) is 3.54. The normalized spacial score (nSPS) is 11.3. The summed E-state index contributed by atoms with van der Waals surface area (Å²) in [6.45, 7) is 3.61. The van der Waals surface area contributed by atoms with Gasteiger partial charge in [-0.3, -0.25) is 4.79 Å². The number of rotatable bonds is 3. The Hall–Kier alpha value is -1.58. The molecule has 0 atom stereocenters. The summed E-state index contributed by atoms with van der Waals surface area (Å²) in [5, 5.41) is 3.73. The zero-order valence-corrected chi connectivity index (χ0v) is 7.00. The smallest absolute Gasteiger partial charge is 0.227 e. The van der Waals surface area contributed by atoms with Gasteiger partial charge in [-0.1, -0.05) is 0 Å². The lowest BCUT2D eigenvalue weighted by Crippen LogP contribution is -2.05.